The lowest BCUT2D eigenvalue weighted by atomic mass is 9.85. The van der Waals surface area contributed by atoms with Crippen LogP contribution in [0.15, 0.2) is 0 Å². The van der Waals surface area contributed by atoms with Crippen LogP contribution in [0.25, 0.3) is 0 Å². The molecule has 12 heavy (non-hydrogen) atoms. The van der Waals surface area contributed by atoms with E-state index in [1.165, 1.54) is 12.8 Å². The summed E-state index contributed by atoms with van der Waals surface area (Å²) in [6.07, 6.45) is 3.54. The first-order valence-corrected chi connectivity index (χ1v) is 5.03. The first kappa shape index (κ1) is 11.9. The average molecular weight is 172 g/mol. The summed E-state index contributed by atoms with van der Waals surface area (Å²) in [5, 5.41) is 3.36. The highest BCUT2D eigenvalue weighted by Gasteiger charge is 2.25. The van der Waals surface area contributed by atoms with Crippen molar-refractivity contribution in [3.8, 4) is 0 Å². The number of likely N-dealkylation sites (N-methyl/N-ethyl adjacent to an activating group) is 1. The maximum absolute atomic E-state index is 5.77. The highest BCUT2D eigenvalue weighted by Crippen LogP contribution is 2.21. The molecule has 0 aliphatic rings. The van der Waals surface area contributed by atoms with Crippen molar-refractivity contribution in [3.05, 3.63) is 0 Å². The number of hydrogen-bond donors (Lipinski definition) is 2. The summed E-state index contributed by atoms with van der Waals surface area (Å²) >= 11 is 0. The molecule has 2 heteroatoms. The Balaban J connectivity index is 4.09. The molecule has 2 nitrogen and oxygen atoms in total. The van der Waals surface area contributed by atoms with Crippen molar-refractivity contribution in [2.45, 2.75) is 45.6 Å². The van der Waals surface area contributed by atoms with E-state index in [2.05, 4.69) is 26.1 Å². The highest BCUT2D eigenvalue weighted by atomic mass is 15.0. The minimum atomic E-state index is 0.176. The second-order valence-electron chi connectivity index (χ2n) is 3.81. The molecule has 0 amide bonds. The quantitative estimate of drug-likeness (QED) is 0.640. The molecule has 0 aliphatic heterocycles. The fourth-order valence-electron chi connectivity index (χ4n) is 1.56. The van der Waals surface area contributed by atoms with Crippen LogP contribution in [0.2, 0.25) is 0 Å². The van der Waals surface area contributed by atoms with E-state index in [4.69, 9.17) is 5.73 Å². The van der Waals surface area contributed by atoms with E-state index in [0.29, 0.717) is 0 Å². The van der Waals surface area contributed by atoms with Gasteiger partial charge in [-0.1, -0.05) is 27.2 Å². The molecular formula is C10H24N2. The topological polar surface area (TPSA) is 38.0 Å². The van der Waals surface area contributed by atoms with Gasteiger partial charge in [0.1, 0.15) is 0 Å². The Labute approximate surface area is 76.9 Å². The number of hydrogen-bond acceptors (Lipinski definition) is 2. The SMILES string of the molecule is CCC(C)CC(CC)(CN)NC. The molecule has 0 fully saturated rings. The van der Waals surface area contributed by atoms with E-state index in [0.717, 1.165) is 18.9 Å². The largest absolute Gasteiger partial charge is 0.329 e. The molecule has 0 rings (SSSR count). The van der Waals surface area contributed by atoms with Gasteiger partial charge in [0, 0.05) is 12.1 Å². The molecule has 2 atom stereocenters. The summed E-state index contributed by atoms with van der Waals surface area (Å²) in [6, 6.07) is 0. The fourth-order valence-corrected chi connectivity index (χ4v) is 1.56. The van der Waals surface area contributed by atoms with Crippen molar-refractivity contribution in [2.75, 3.05) is 13.6 Å². The molecule has 0 aliphatic carbocycles. The maximum atomic E-state index is 5.77. The zero-order chi connectivity index (χ0) is 9.61. The summed E-state index contributed by atoms with van der Waals surface area (Å²) in [5.41, 5.74) is 5.95. The van der Waals surface area contributed by atoms with E-state index in [1.807, 2.05) is 7.05 Å². The van der Waals surface area contributed by atoms with Crippen molar-refractivity contribution < 1.29 is 0 Å². The van der Waals surface area contributed by atoms with Gasteiger partial charge >= 0.3 is 0 Å². The van der Waals surface area contributed by atoms with Crippen molar-refractivity contribution >= 4 is 0 Å². The van der Waals surface area contributed by atoms with Crippen LogP contribution in [0.4, 0.5) is 0 Å². The second-order valence-corrected chi connectivity index (χ2v) is 3.81. The predicted octanol–water partition coefficient (Wildman–Crippen LogP) is 1.75. The molecule has 0 radical (unpaired) electrons. The van der Waals surface area contributed by atoms with Crippen LogP contribution >= 0.6 is 0 Å². The fraction of sp³-hybridized carbons (Fsp3) is 1.00. The maximum Gasteiger partial charge on any atom is 0.0301 e. The lowest BCUT2D eigenvalue weighted by Gasteiger charge is -2.33. The van der Waals surface area contributed by atoms with E-state index in [-0.39, 0.29) is 5.54 Å². The number of nitrogens with one attached hydrogen (secondary N) is 1. The Bertz CT molecular complexity index is 100. The third-order valence-corrected chi connectivity index (χ3v) is 3.03. The van der Waals surface area contributed by atoms with E-state index in [1.54, 1.807) is 0 Å². The van der Waals surface area contributed by atoms with Gasteiger partial charge in [0.15, 0.2) is 0 Å². The summed E-state index contributed by atoms with van der Waals surface area (Å²) in [4.78, 5) is 0. The molecule has 0 saturated heterocycles. The predicted molar refractivity (Wildman–Crippen MR) is 55.2 cm³/mol. The van der Waals surface area contributed by atoms with Gasteiger partial charge in [-0.05, 0) is 25.8 Å². The lowest BCUT2D eigenvalue weighted by Crippen LogP contribution is -2.49. The first-order chi connectivity index (χ1) is 5.64. The third kappa shape index (κ3) is 3.11. The van der Waals surface area contributed by atoms with Gasteiger partial charge in [-0.3, -0.25) is 0 Å². The molecule has 0 aromatic rings. The normalized spacial score (nSPS) is 18.8. The number of rotatable bonds is 6. The van der Waals surface area contributed by atoms with Crippen molar-refractivity contribution in [3.63, 3.8) is 0 Å². The Hall–Kier alpha value is -0.0800. The smallest absolute Gasteiger partial charge is 0.0301 e. The minimum Gasteiger partial charge on any atom is -0.329 e. The molecule has 0 bridgehead atoms. The molecular weight excluding hydrogens is 148 g/mol. The van der Waals surface area contributed by atoms with Crippen LogP contribution in [0.5, 0.6) is 0 Å². The summed E-state index contributed by atoms with van der Waals surface area (Å²) in [6.45, 7) is 7.46. The standard InChI is InChI=1S/C10H24N2/c1-5-9(3)7-10(6-2,8-11)12-4/h9,12H,5-8,11H2,1-4H3. The summed E-state index contributed by atoms with van der Waals surface area (Å²) in [7, 11) is 2.01. The molecule has 2 unspecified atom stereocenters. The highest BCUT2D eigenvalue weighted by molar-refractivity contribution is 4.87. The van der Waals surface area contributed by atoms with E-state index in [9.17, 15) is 0 Å². The van der Waals surface area contributed by atoms with Crippen molar-refractivity contribution in [1.82, 2.24) is 5.32 Å². The third-order valence-electron chi connectivity index (χ3n) is 3.03. The van der Waals surface area contributed by atoms with Crippen LogP contribution < -0.4 is 11.1 Å². The summed E-state index contributed by atoms with van der Waals surface area (Å²) in [5.74, 6) is 0.765. The molecule has 0 aromatic heterocycles. The Morgan fingerprint density at radius 2 is 2.00 bits per heavy atom. The molecule has 0 spiro atoms. The van der Waals surface area contributed by atoms with Gasteiger partial charge in [-0.25, -0.2) is 0 Å². The van der Waals surface area contributed by atoms with Crippen LogP contribution in [-0.2, 0) is 0 Å². The lowest BCUT2D eigenvalue weighted by molar-refractivity contribution is 0.271. The van der Waals surface area contributed by atoms with E-state index < -0.39 is 0 Å². The Kier molecular flexibility index (Phi) is 5.51. The zero-order valence-electron chi connectivity index (χ0n) is 8.98. The van der Waals surface area contributed by atoms with E-state index >= 15 is 0 Å². The molecule has 0 saturated carbocycles. The van der Waals surface area contributed by atoms with Crippen LogP contribution in [0, 0.1) is 5.92 Å². The average Bonchev–Trinajstić information content (AvgIpc) is 2.14. The molecule has 0 heterocycles. The Morgan fingerprint density at radius 1 is 1.42 bits per heavy atom. The van der Waals surface area contributed by atoms with Gasteiger partial charge in [-0.15, -0.1) is 0 Å². The molecule has 0 aromatic carbocycles. The van der Waals surface area contributed by atoms with Crippen LogP contribution in [0.1, 0.15) is 40.0 Å². The van der Waals surface area contributed by atoms with Gasteiger partial charge in [0.05, 0.1) is 0 Å². The van der Waals surface area contributed by atoms with Crippen molar-refractivity contribution in [2.24, 2.45) is 11.7 Å². The van der Waals surface area contributed by atoms with Gasteiger partial charge in [0.2, 0.25) is 0 Å². The van der Waals surface area contributed by atoms with Crippen LogP contribution in [-0.4, -0.2) is 19.1 Å². The van der Waals surface area contributed by atoms with Gasteiger partial charge in [-0.2, -0.15) is 0 Å². The first-order valence-electron chi connectivity index (χ1n) is 5.03. The molecule has 3 N–H and O–H groups in total. The molecule has 74 valence electrons. The second kappa shape index (κ2) is 5.55. The minimum absolute atomic E-state index is 0.176. The summed E-state index contributed by atoms with van der Waals surface area (Å²) < 4.78 is 0. The Morgan fingerprint density at radius 3 is 2.25 bits per heavy atom. The van der Waals surface area contributed by atoms with Gasteiger partial charge < -0.3 is 11.1 Å². The zero-order valence-corrected chi connectivity index (χ0v) is 8.98. The monoisotopic (exact) mass is 172 g/mol. The van der Waals surface area contributed by atoms with Gasteiger partial charge in [0.25, 0.3) is 0 Å². The van der Waals surface area contributed by atoms with Crippen LogP contribution in [0.3, 0.4) is 0 Å². The number of nitrogens with two attached hydrogens (primary N) is 1. The van der Waals surface area contributed by atoms with Crippen molar-refractivity contribution in [1.29, 1.82) is 0 Å².